The van der Waals surface area contributed by atoms with E-state index in [4.69, 9.17) is 4.42 Å². The second-order valence-electron chi connectivity index (χ2n) is 7.49. The number of carbonyl (C=O) groups is 1. The second kappa shape index (κ2) is 9.18. The predicted octanol–water partition coefficient (Wildman–Crippen LogP) is 6.37. The molecule has 4 rings (SSSR count). The summed E-state index contributed by atoms with van der Waals surface area (Å²) in [6, 6.07) is 17.8. The number of rotatable bonds is 7. The molecule has 0 aliphatic heterocycles. The molecular weight excluding hydrogens is 406 g/mol. The van der Waals surface area contributed by atoms with E-state index in [-0.39, 0.29) is 17.7 Å². The van der Waals surface area contributed by atoms with Gasteiger partial charge in [-0.3, -0.25) is 4.79 Å². The molecule has 0 saturated heterocycles. The molecule has 158 valence electrons. The molecule has 0 spiro atoms. The number of nitrogens with zero attached hydrogens (tertiary/aromatic N) is 1. The molecule has 6 heteroatoms. The van der Waals surface area contributed by atoms with Crippen molar-refractivity contribution >= 4 is 28.1 Å². The Hall–Kier alpha value is -3.38. The zero-order valence-electron chi connectivity index (χ0n) is 17.8. The first-order valence-electron chi connectivity index (χ1n) is 10.3. The van der Waals surface area contributed by atoms with E-state index in [0.717, 1.165) is 33.9 Å². The Morgan fingerprint density at radius 1 is 1.10 bits per heavy atom. The smallest absolute Gasteiger partial charge is 0.291 e. The molecule has 1 amide bonds. The van der Waals surface area contributed by atoms with E-state index in [9.17, 15) is 4.79 Å². The highest BCUT2D eigenvalue weighted by Crippen LogP contribution is 2.38. The maximum Gasteiger partial charge on any atom is 0.291 e. The molecule has 1 aromatic carbocycles. The van der Waals surface area contributed by atoms with Crippen LogP contribution in [-0.2, 0) is 6.42 Å². The number of nitrogens with one attached hydrogen (secondary N) is 2. The summed E-state index contributed by atoms with van der Waals surface area (Å²) in [7, 11) is 0. The largest absolute Gasteiger partial charge is 0.459 e. The molecule has 0 aliphatic rings. The highest BCUT2D eigenvalue weighted by atomic mass is 32.1. The minimum Gasteiger partial charge on any atom is -0.459 e. The van der Waals surface area contributed by atoms with Crippen LogP contribution in [0.5, 0.6) is 0 Å². The quantitative estimate of drug-likeness (QED) is 0.357. The molecule has 3 aromatic heterocycles. The summed E-state index contributed by atoms with van der Waals surface area (Å²) in [5, 5.41) is 7.44. The third kappa shape index (κ3) is 4.86. The van der Waals surface area contributed by atoms with Crippen molar-refractivity contribution in [2.45, 2.75) is 33.2 Å². The molecule has 1 atom stereocenters. The SMILES string of the molecule is CCc1cc([C@H](Nc2cc(C)ccn2)c2ccc(C)cc2)c(NC(=O)c2ccco2)s1. The number of aryl methyl sites for hydroxylation is 3. The minimum atomic E-state index is -0.257. The predicted molar refractivity (Wildman–Crippen MR) is 126 cm³/mol. The molecule has 0 bridgehead atoms. The molecular formula is C25H25N3O2S. The van der Waals surface area contributed by atoms with Crippen molar-refractivity contribution in [3.63, 3.8) is 0 Å². The summed E-state index contributed by atoms with van der Waals surface area (Å²) >= 11 is 1.59. The monoisotopic (exact) mass is 431 g/mol. The Morgan fingerprint density at radius 2 is 1.90 bits per heavy atom. The number of benzene rings is 1. The second-order valence-corrected chi connectivity index (χ2v) is 8.63. The summed E-state index contributed by atoms with van der Waals surface area (Å²) in [6.45, 7) is 6.23. The van der Waals surface area contributed by atoms with E-state index in [2.05, 4.69) is 59.8 Å². The van der Waals surface area contributed by atoms with Crippen LogP contribution in [0.3, 0.4) is 0 Å². The summed E-state index contributed by atoms with van der Waals surface area (Å²) in [5.41, 5.74) is 4.44. The van der Waals surface area contributed by atoms with Gasteiger partial charge in [-0.05, 0) is 61.7 Å². The van der Waals surface area contributed by atoms with Crippen LogP contribution in [0.1, 0.15) is 50.7 Å². The Balaban J connectivity index is 1.75. The highest BCUT2D eigenvalue weighted by molar-refractivity contribution is 7.16. The van der Waals surface area contributed by atoms with Crippen LogP contribution in [0.2, 0.25) is 0 Å². The number of thiophene rings is 1. The average Bonchev–Trinajstić information content (AvgIpc) is 3.43. The molecule has 0 radical (unpaired) electrons. The van der Waals surface area contributed by atoms with E-state index < -0.39 is 0 Å². The number of anilines is 2. The van der Waals surface area contributed by atoms with Gasteiger partial charge in [0, 0.05) is 16.6 Å². The lowest BCUT2D eigenvalue weighted by atomic mass is 9.98. The Kier molecular flexibility index (Phi) is 6.18. The van der Waals surface area contributed by atoms with Crippen LogP contribution in [0.25, 0.3) is 0 Å². The number of hydrogen-bond acceptors (Lipinski definition) is 5. The maximum absolute atomic E-state index is 12.7. The van der Waals surface area contributed by atoms with Crippen molar-refractivity contribution < 1.29 is 9.21 Å². The van der Waals surface area contributed by atoms with Crippen LogP contribution in [0.4, 0.5) is 10.8 Å². The van der Waals surface area contributed by atoms with Gasteiger partial charge in [0.15, 0.2) is 5.76 Å². The maximum atomic E-state index is 12.7. The number of furan rings is 1. The number of amides is 1. The molecule has 31 heavy (non-hydrogen) atoms. The molecule has 0 saturated carbocycles. The molecule has 4 aromatic rings. The van der Waals surface area contributed by atoms with Gasteiger partial charge in [-0.2, -0.15) is 0 Å². The third-order valence-electron chi connectivity index (χ3n) is 5.06. The van der Waals surface area contributed by atoms with Gasteiger partial charge in [0.25, 0.3) is 5.91 Å². The zero-order valence-corrected chi connectivity index (χ0v) is 18.6. The van der Waals surface area contributed by atoms with Crippen molar-refractivity contribution in [2.75, 3.05) is 10.6 Å². The van der Waals surface area contributed by atoms with Gasteiger partial charge in [-0.15, -0.1) is 11.3 Å². The average molecular weight is 432 g/mol. The number of hydrogen-bond donors (Lipinski definition) is 2. The van der Waals surface area contributed by atoms with Gasteiger partial charge in [-0.25, -0.2) is 4.98 Å². The fraction of sp³-hybridized carbons (Fsp3) is 0.200. The van der Waals surface area contributed by atoms with Gasteiger partial charge in [0.2, 0.25) is 0 Å². The fourth-order valence-corrected chi connectivity index (χ4v) is 4.41. The molecule has 0 unspecified atom stereocenters. The van der Waals surface area contributed by atoms with Crippen LogP contribution in [0.15, 0.2) is 71.5 Å². The normalized spacial score (nSPS) is 11.8. The first-order valence-corrected chi connectivity index (χ1v) is 11.1. The Morgan fingerprint density at radius 3 is 2.58 bits per heavy atom. The summed E-state index contributed by atoms with van der Waals surface area (Å²) in [4.78, 5) is 18.4. The zero-order chi connectivity index (χ0) is 21.8. The summed E-state index contributed by atoms with van der Waals surface area (Å²) in [5.74, 6) is 0.822. The lowest BCUT2D eigenvalue weighted by molar-refractivity contribution is 0.0997. The number of pyridine rings is 1. The van der Waals surface area contributed by atoms with Crippen LogP contribution >= 0.6 is 11.3 Å². The lowest BCUT2D eigenvalue weighted by Gasteiger charge is -2.21. The van der Waals surface area contributed by atoms with E-state index in [1.165, 1.54) is 16.7 Å². The van der Waals surface area contributed by atoms with Crippen molar-refractivity contribution in [3.05, 3.63) is 99.9 Å². The van der Waals surface area contributed by atoms with Gasteiger partial charge in [-0.1, -0.05) is 36.8 Å². The van der Waals surface area contributed by atoms with E-state index >= 15 is 0 Å². The minimum absolute atomic E-state index is 0.168. The fourth-order valence-electron chi connectivity index (χ4n) is 3.38. The van der Waals surface area contributed by atoms with E-state index in [1.54, 1.807) is 29.7 Å². The molecule has 5 nitrogen and oxygen atoms in total. The topological polar surface area (TPSA) is 67.2 Å². The molecule has 2 N–H and O–H groups in total. The van der Waals surface area contributed by atoms with Gasteiger partial charge < -0.3 is 15.1 Å². The first-order chi connectivity index (χ1) is 15.0. The molecule has 0 fully saturated rings. The van der Waals surface area contributed by atoms with Gasteiger partial charge >= 0.3 is 0 Å². The summed E-state index contributed by atoms with van der Waals surface area (Å²) < 4.78 is 5.27. The summed E-state index contributed by atoms with van der Waals surface area (Å²) in [6.07, 6.45) is 4.19. The van der Waals surface area contributed by atoms with Crippen LogP contribution in [-0.4, -0.2) is 10.9 Å². The van der Waals surface area contributed by atoms with E-state index in [1.807, 2.05) is 19.1 Å². The van der Waals surface area contributed by atoms with Crippen LogP contribution in [0, 0.1) is 13.8 Å². The molecule has 0 aliphatic carbocycles. The van der Waals surface area contributed by atoms with Crippen molar-refractivity contribution in [1.29, 1.82) is 0 Å². The Bertz CT molecular complexity index is 1160. The van der Waals surface area contributed by atoms with E-state index in [0.29, 0.717) is 0 Å². The van der Waals surface area contributed by atoms with Crippen molar-refractivity contribution in [2.24, 2.45) is 0 Å². The van der Waals surface area contributed by atoms with Crippen molar-refractivity contribution in [3.8, 4) is 0 Å². The van der Waals surface area contributed by atoms with Crippen molar-refractivity contribution in [1.82, 2.24) is 4.98 Å². The first kappa shape index (κ1) is 20.9. The standard InChI is InChI=1S/C25H25N3O2S/c1-4-19-15-20(25(31-19)28-24(29)21-6-5-13-30-21)23(18-9-7-16(2)8-10-18)27-22-14-17(3)11-12-26-22/h5-15,23H,4H2,1-3H3,(H,26,27)(H,28,29)/t23-/m1/s1. The number of aromatic nitrogens is 1. The van der Waals surface area contributed by atoms with Crippen LogP contribution < -0.4 is 10.6 Å². The third-order valence-corrected chi connectivity index (χ3v) is 6.27. The number of carbonyl (C=O) groups excluding carboxylic acids is 1. The molecule has 3 heterocycles. The van der Waals surface area contributed by atoms with Gasteiger partial charge in [0.05, 0.1) is 12.3 Å². The highest BCUT2D eigenvalue weighted by Gasteiger charge is 2.23. The Labute approximate surface area is 186 Å². The van der Waals surface area contributed by atoms with Gasteiger partial charge in [0.1, 0.15) is 10.8 Å². The lowest BCUT2D eigenvalue weighted by Crippen LogP contribution is -2.17.